The van der Waals surface area contributed by atoms with Crippen LogP contribution in [-0.2, 0) is 4.74 Å². The van der Waals surface area contributed by atoms with Gasteiger partial charge in [-0.05, 0) is 118 Å². The standard InChI is InChI=1S/C62H54N2O2/c1-38(2)41-25-29-43(30-26-41)63(54-21-13-20-50-49-19-11-12-23-58(49)65-60(50)54)56-36-51-46-16-8-10-18-48(46)57(37-52(51)45-15-7-9-17-47(45)56)64(44-31-27-42(28-32-44)39(3)4)55-22-14-34-62(6)53-33-24-40(5)35-59(53)66-61(55)62/h7-33,36-40H,34-35H2,1-6H3. The molecule has 324 valence electrons. The van der Waals surface area contributed by atoms with Gasteiger partial charge in [0.1, 0.15) is 17.1 Å². The zero-order chi connectivity index (χ0) is 44.8. The first kappa shape index (κ1) is 40.2. The lowest BCUT2D eigenvalue weighted by Gasteiger charge is -2.36. The van der Waals surface area contributed by atoms with Gasteiger partial charge in [0.15, 0.2) is 5.58 Å². The summed E-state index contributed by atoms with van der Waals surface area (Å²) >= 11 is 0. The molecule has 3 aliphatic rings. The average Bonchev–Trinajstić information content (AvgIpc) is 3.87. The molecule has 2 aliphatic carbocycles. The van der Waals surface area contributed by atoms with Crippen LogP contribution in [-0.4, -0.2) is 0 Å². The van der Waals surface area contributed by atoms with Crippen molar-refractivity contribution in [2.24, 2.45) is 11.3 Å². The van der Waals surface area contributed by atoms with Crippen molar-refractivity contribution >= 4 is 82.7 Å². The first-order chi connectivity index (χ1) is 32.2. The Bertz CT molecular complexity index is 3550. The van der Waals surface area contributed by atoms with Crippen molar-refractivity contribution in [1.29, 1.82) is 0 Å². The summed E-state index contributed by atoms with van der Waals surface area (Å²) in [5, 5.41) is 9.30. The van der Waals surface area contributed by atoms with E-state index < -0.39 is 0 Å². The molecule has 0 amide bonds. The smallest absolute Gasteiger partial charge is 0.159 e. The third-order valence-corrected chi connectivity index (χ3v) is 14.6. The number of ether oxygens (including phenoxy) is 1. The molecule has 9 aromatic rings. The number of hydrogen-bond donors (Lipinski definition) is 0. The van der Waals surface area contributed by atoms with Crippen LogP contribution in [0.4, 0.5) is 28.4 Å². The van der Waals surface area contributed by atoms with Gasteiger partial charge in [-0.2, -0.15) is 0 Å². The van der Waals surface area contributed by atoms with Crippen LogP contribution in [0.1, 0.15) is 77.3 Å². The minimum Gasteiger partial charge on any atom is -0.463 e. The number of furan rings is 1. The molecular weight excluding hydrogens is 805 g/mol. The summed E-state index contributed by atoms with van der Waals surface area (Å²) < 4.78 is 13.9. The maximum atomic E-state index is 7.11. The van der Waals surface area contributed by atoms with Crippen LogP contribution in [0.15, 0.2) is 203 Å². The fourth-order valence-corrected chi connectivity index (χ4v) is 11.0. The number of anilines is 5. The van der Waals surface area contributed by atoms with E-state index in [-0.39, 0.29) is 5.41 Å². The van der Waals surface area contributed by atoms with E-state index >= 15 is 0 Å². The van der Waals surface area contributed by atoms with Crippen molar-refractivity contribution in [2.75, 3.05) is 9.80 Å². The summed E-state index contributed by atoms with van der Waals surface area (Å²) in [6, 6.07) is 56.0. The minimum absolute atomic E-state index is 0.264. The topological polar surface area (TPSA) is 28.9 Å². The predicted octanol–water partition coefficient (Wildman–Crippen LogP) is 18.0. The molecule has 12 rings (SSSR count). The average molecular weight is 859 g/mol. The highest BCUT2D eigenvalue weighted by Crippen LogP contribution is 2.56. The van der Waals surface area contributed by atoms with Crippen molar-refractivity contribution in [3.05, 3.63) is 210 Å². The Balaban J connectivity index is 1.14. The summed E-state index contributed by atoms with van der Waals surface area (Å²) in [5.41, 5.74) is 11.9. The second-order valence-electron chi connectivity index (χ2n) is 19.5. The molecule has 2 atom stereocenters. The SMILES string of the molecule is CC1C=CC2=C(C1)OC1=C(N(c3ccc(C(C)C)cc3)c3cc4c5ccccc5c(N(c5ccc(C(C)C)cc5)c5cccc6c5oc5ccccc56)cc4c4ccccc34)C=CCC21C. The Morgan fingerprint density at radius 3 is 1.71 bits per heavy atom. The van der Waals surface area contributed by atoms with Gasteiger partial charge in [-0.15, -0.1) is 0 Å². The van der Waals surface area contributed by atoms with Gasteiger partial charge in [-0.3, -0.25) is 0 Å². The first-order valence-electron chi connectivity index (χ1n) is 23.7. The maximum Gasteiger partial charge on any atom is 0.159 e. The quantitative estimate of drug-likeness (QED) is 0.142. The lowest BCUT2D eigenvalue weighted by molar-refractivity contribution is 0.249. The van der Waals surface area contributed by atoms with Gasteiger partial charge in [-0.25, -0.2) is 0 Å². The molecule has 1 aromatic heterocycles. The zero-order valence-corrected chi connectivity index (χ0v) is 38.6. The van der Waals surface area contributed by atoms with E-state index in [0.717, 1.165) is 85.8 Å². The van der Waals surface area contributed by atoms with Gasteiger partial charge in [0.05, 0.1) is 28.2 Å². The predicted molar refractivity (Wildman–Crippen MR) is 278 cm³/mol. The van der Waals surface area contributed by atoms with Gasteiger partial charge < -0.3 is 19.0 Å². The molecule has 66 heavy (non-hydrogen) atoms. The van der Waals surface area contributed by atoms with Crippen LogP contribution in [0, 0.1) is 11.3 Å². The Morgan fingerprint density at radius 1 is 0.545 bits per heavy atom. The Kier molecular flexibility index (Phi) is 9.40. The molecule has 2 unspecified atom stereocenters. The lowest BCUT2D eigenvalue weighted by atomic mass is 9.73. The molecule has 4 heteroatoms. The van der Waals surface area contributed by atoms with Crippen LogP contribution in [0.5, 0.6) is 0 Å². The Morgan fingerprint density at radius 2 is 1.09 bits per heavy atom. The van der Waals surface area contributed by atoms with Crippen LogP contribution in [0.3, 0.4) is 0 Å². The second kappa shape index (κ2) is 15.4. The van der Waals surface area contributed by atoms with Crippen molar-refractivity contribution in [3.8, 4) is 0 Å². The number of nitrogens with zero attached hydrogens (tertiary/aromatic N) is 2. The zero-order valence-electron chi connectivity index (χ0n) is 38.6. The third kappa shape index (κ3) is 6.26. The molecule has 0 bridgehead atoms. The molecule has 1 aliphatic heterocycles. The molecular formula is C62H54N2O2. The van der Waals surface area contributed by atoms with E-state index in [9.17, 15) is 0 Å². The second-order valence-corrected chi connectivity index (χ2v) is 19.5. The maximum absolute atomic E-state index is 7.11. The Hall–Kier alpha value is -7.30. The number of hydrogen-bond acceptors (Lipinski definition) is 4. The molecule has 0 radical (unpaired) electrons. The summed E-state index contributed by atoms with van der Waals surface area (Å²) in [6.45, 7) is 13.7. The highest BCUT2D eigenvalue weighted by atomic mass is 16.5. The van der Waals surface area contributed by atoms with Gasteiger partial charge in [0.25, 0.3) is 0 Å². The molecule has 0 saturated heterocycles. The van der Waals surface area contributed by atoms with E-state index in [0.29, 0.717) is 17.8 Å². The highest BCUT2D eigenvalue weighted by Gasteiger charge is 2.47. The normalized spacial score (nSPS) is 18.1. The van der Waals surface area contributed by atoms with E-state index in [1.807, 2.05) is 6.07 Å². The Labute approximate surface area is 387 Å². The number of rotatable bonds is 8. The van der Waals surface area contributed by atoms with Crippen molar-refractivity contribution in [3.63, 3.8) is 0 Å². The highest BCUT2D eigenvalue weighted by molar-refractivity contribution is 6.25. The van der Waals surface area contributed by atoms with Crippen LogP contribution < -0.4 is 9.80 Å². The summed E-state index contributed by atoms with van der Waals surface area (Å²) in [7, 11) is 0. The van der Waals surface area contributed by atoms with Gasteiger partial charge in [-0.1, -0.05) is 156 Å². The lowest BCUT2D eigenvalue weighted by Crippen LogP contribution is -2.27. The monoisotopic (exact) mass is 858 g/mol. The number of para-hydroxylation sites is 2. The van der Waals surface area contributed by atoms with Gasteiger partial charge in [0.2, 0.25) is 0 Å². The molecule has 8 aromatic carbocycles. The molecule has 0 spiro atoms. The summed E-state index contributed by atoms with van der Waals surface area (Å²) in [5.74, 6) is 3.42. The number of allylic oxidation sites excluding steroid dienone is 6. The minimum atomic E-state index is -0.264. The molecule has 0 saturated carbocycles. The van der Waals surface area contributed by atoms with E-state index in [1.165, 1.54) is 43.6 Å². The first-order valence-corrected chi connectivity index (χ1v) is 23.7. The fraction of sp³-hybridized carbons (Fsp3) is 0.194. The van der Waals surface area contributed by atoms with Crippen LogP contribution in [0.2, 0.25) is 0 Å². The summed E-state index contributed by atoms with van der Waals surface area (Å²) in [6.07, 6.45) is 11.2. The largest absolute Gasteiger partial charge is 0.463 e. The fourth-order valence-electron chi connectivity index (χ4n) is 11.0. The van der Waals surface area contributed by atoms with Gasteiger partial charge in [0, 0.05) is 44.9 Å². The van der Waals surface area contributed by atoms with Crippen molar-refractivity contribution in [1.82, 2.24) is 0 Å². The van der Waals surface area contributed by atoms with E-state index in [4.69, 9.17) is 9.15 Å². The molecule has 4 nitrogen and oxygen atoms in total. The summed E-state index contributed by atoms with van der Waals surface area (Å²) in [4.78, 5) is 4.90. The van der Waals surface area contributed by atoms with Crippen molar-refractivity contribution in [2.45, 2.75) is 66.2 Å². The third-order valence-electron chi connectivity index (χ3n) is 14.6. The van der Waals surface area contributed by atoms with Crippen LogP contribution in [0.25, 0.3) is 54.3 Å². The number of fused-ring (bicyclic) bond motifs is 10. The molecule has 0 fully saturated rings. The van der Waals surface area contributed by atoms with Crippen LogP contribution >= 0.6 is 0 Å². The molecule has 2 heterocycles. The van der Waals surface area contributed by atoms with Crippen molar-refractivity contribution < 1.29 is 9.15 Å². The number of benzene rings is 8. The molecule has 0 N–H and O–H groups in total. The van der Waals surface area contributed by atoms with E-state index in [1.54, 1.807) is 0 Å². The van der Waals surface area contributed by atoms with E-state index in [2.05, 4.69) is 221 Å². The van der Waals surface area contributed by atoms with Gasteiger partial charge >= 0.3 is 0 Å².